The van der Waals surface area contributed by atoms with Crippen molar-refractivity contribution in [2.24, 2.45) is 0 Å². The molecule has 0 radical (unpaired) electrons. The van der Waals surface area contributed by atoms with Crippen molar-refractivity contribution >= 4 is 40.2 Å². The minimum absolute atomic E-state index is 0. The number of carboxylic acids is 2. The first-order valence-electron chi connectivity index (χ1n) is 6.72. The van der Waals surface area contributed by atoms with Crippen LogP contribution in [0.3, 0.4) is 0 Å². The molecule has 0 spiro atoms. The van der Waals surface area contributed by atoms with Gasteiger partial charge < -0.3 is 21.3 Å². The van der Waals surface area contributed by atoms with Gasteiger partial charge in [-0.2, -0.15) is 0 Å². The molecule has 0 unspecified atom stereocenters. The fourth-order valence-corrected chi connectivity index (χ4v) is 2.54. The second-order valence-corrected chi connectivity index (χ2v) is 5.80. The van der Waals surface area contributed by atoms with Crippen LogP contribution in [0.2, 0.25) is 0 Å². The molecule has 0 saturated carbocycles. The molecule has 1 aromatic rings. The second kappa shape index (κ2) is 10.2. The number of carbonyl (C=O) groups is 2. The van der Waals surface area contributed by atoms with Gasteiger partial charge in [0.15, 0.2) is 0 Å². The van der Waals surface area contributed by atoms with Gasteiger partial charge in [0.2, 0.25) is 0 Å². The molecule has 0 amide bonds. The van der Waals surface area contributed by atoms with Gasteiger partial charge in [0.05, 0.1) is 3.57 Å². The third-order valence-electron chi connectivity index (χ3n) is 2.98. The van der Waals surface area contributed by atoms with Gasteiger partial charge in [-0.15, -0.1) is 0 Å². The lowest BCUT2D eigenvalue weighted by molar-refractivity contribution is -0.134. The zero-order valence-electron chi connectivity index (χ0n) is 12.8. The molecule has 0 bridgehead atoms. The molecule has 0 saturated heterocycles. The van der Waals surface area contributed by atoms with E-state index in [9.17, 15) is 14.0 Å². The second-order valence-electron chi connectivity index (χ2n) is 4.64. The summed E-state index contributed by atoms with van der Waals surface area (Å²) in [4.78, 5) is 21.5. The molecule has 128 valence electrons. The summed E-state index contributed by atoms with van der Waals surface area (Å²) in [6.45, 7) is 4.30. The molecule has 2 rings (SSSR count). The molecule has 5 N–H and O–H groups in total. The van der Waals surface area contributed by atoms with Crippen molar-refractivity contribution in [2.75, 3.05) is 18.0 Å². The zero-order valence-corrected chi connectivity index (χ0v) is 14.9. The highest BCUT2D eigenvalue weighted by Crippen LogP contribution is 2.31. The number of halogens is 2. The summed E-state index contributed by atoms with van der Waals surface area (Å²) < 4.78 is 14.0. The highest BCUT2D eigenvalue weighted by molar-refractivity contribution is 14.1. The SMILES string of the molecule is CCCN1CCc2cc(F)c(I)cc21.N.O=C(O)C=CC(=O)O. The fraction of sp³-hybridized carbons (Fsp3) is 0.333. The number of rotatable bonds is 4. The maximum absolute atomic E-state index is 13.3. The smallest absolute Gasteiger partial charge is 0.328 e. The summed E-state index contributed by atoms with van der Waals surface area (Å²) in [5.74, 6) is -2.59. The predicted octanol–water partition coefficient (Wildman–Crippen LogP) is 3.08. The van der Waals surface area contributed by atoms with Crippen LogP contribution in [-0.2, 0) is 16.0 Å². The maximum atomic E-state index is 13.3. The summed E-state index contributed by atoms with van der Waals surface area (Å²) in [5.41, 5.74) is 2.40. The van der Waals surface area contributed by atoms with E-state index in [4.69, 9.17) is 10.2 Å². The van der Waals surface area contributed by atoms with Gasteiger partial charge in [-0.3, -0.25) is 0 Å². The van der Waals surface area contributed by atoms with E-state index in [2.05, 4.69) is 34.4 Å². The first-order valence-corrected chi connectivity index (χ1v) is 7.79. The van der Waals surface area contributed by atoms with Crippen LogP contribution < -0.4 is 11.1 Å². The number of nitrogens with zero attached hydrogens (tertiary/aromatic N) is 1. The van der Waals surface area contributed by atoms with Crippen LogP contribution in [0.1, 0.15) is 18.9 Å². The normalized spacial score (nSPS) is 12.2. The summed E-state index contributed by atoms with van der Waals surface area (Å²) >= 11 is 2.05. The lowest BCUT2D eigenvalue weighted by Crippen LogP contribution is -2.20. The quantitative estimate of drug-likeness (QED) is 0.492. The number of benzene rings is 1. The highest BCUT2D eigenvalue weighted by Gasteiger charge is 2.19. The molecule has 0 fully saturated rings. The van der Waals surface area contributed by atoms with Gasteiger partial charge >= 0.3 is 11.9 Å². The van der Waals surface area contributed by atoms with Gasteiger partial charge in [0.25, 0.3) is 0 Å². The van der Waals surface area contributed by atoms with Crippen molar-refractivity contribution in [1.82, 2.24) is 6.15 Å². The predicted molar refractivity (Wildman–Crippen MR) is 94.8 cm³/mol. The third kappa shape index (κ3) is 6.95. The first-order chi connectivity index (χ1) is 10.3. The first kappa shape index (κ1) is 21.3. The van der Waals surface area contributed by atoms with Crippen molar-refractivity contribution in [3.05, 3.63) is 39.2 Å². The van der Waals surface area contributed by atoms with Gasteiger partial charge in [-0.25, -0.2) is 14.0 Å². The molecule has 23 heavy (non-hydrogen) atoms. The topological polar surface area (TPSA) is 113 Å². The van der Waals surface area contributed by atoms with E-state index in [-0.39, 0.29) is 12.0 Å². The largest absolute Gasteiger partial charge is 0.478 e. The Bertz CT molecular complexity index is 577. The average molecular weight is 438 g/mol. The number of hydrogen-bond donors (Lipinski definition) is 3. The van der Waals surface area contributed by atoms with E-state index in [1.165, 1.54) is 5.69 Å². The minimum atomic E-state index is -1.26. The summed E-state index contributed by atoms with van der Waals surface area (Å²) in [7, 11) is 0. The van der Waals surface area contributed by atoms with E-state index >= 15 is 0 Å². The number of aliphatic carboxylic acids is 2. The van der Waals surface area contributed by atoms with Crippen molar-refractivity contribution in [3.63, 3.8) is 0 Å². The molecule has 1 aromatic carbocycles. The van der Waals surface area contributed by atoms with Crippen LogP contribution in [0.4, 0.5) is 10.1 Å². The highest BCUT2D eigenvalue weighted by atomic mass is 127. The standard InChI is InChI=1S/C11H13FIN.C4H4O4.H3N/c1-2-4-14-5-3-8-6-9(12)10(13)7-11(8)14;5-3(6)1-2-4(7)8;/h6-7H,2-5H2,1H3;1-2H,(H,5,6)(H,7,8);1H3. The lowest BCUT2D eigenvalue weighted by atomic mass is 10.1. The fourth-order valence-electron chi connectivity index (χ4n) is 2.09. The third-order valence-corrected chi connectivity index (χ3v) is 3.80. The van der Waals surface area contributed by atoms with Crippen LogP contribution in [0.25, 0.3) is 0 Å². The van der Waals surface area contributed by atoms with Crippen molar-refractivity contribution in [1.29, 1.82) is 0 Å². The van der Waals surface area contributed by atoms with Gasteiger partial charge in [-0.1, -0.05) is 6.92 Å². The molecule has 0 aliphatic carbocycles. The van der Waals surface area contributed by atoms with Crippen LogP contribution >= 0.6 is 22.6 Å². The molecule has 0 aromatic heterocycles. The van der Waals surface area contributed by atoms with Crippen molar-refractivity contribution < 1.29 is 24.2 Å². The van der Waals surface area contributed by atoms with Crippen molar-refractivity contribution in [2.45, 2.75) is 19.8 Å². The van der Waals surface area contributed by atoms with Gasteiger partial charge in [0, 0.05) is 30.9 Å². The Hall–Kier alpha value is -1.68. The zero-order chi connectivity index (χ0) is 16.7. The molecule has 1 aliphatic rings. The van der Waals surface area contributed by atoms with Crippen LogP contribution in [0.15, 0.2) is 24.3 Å². The molecule has 8 heteroatoms. The lowest BCUT2D eigenvalue weighted by Gasteiger charge is -2.18. The van der Waals surface area contributed by atoms with E-state index in [1.54, 1.807) is 6.07 Å². The molecule has 1 heterocycles. The number of anilines is 1. The Morgan fingerprint density at radius 1 is 1.30 bits per heavy atom. The number of hydrogen-bond acceptors (Lipinski definition) is 4. The Morgan fingerprint density at radius 2 is 1.87 bits per heavy atom. The minimum Gasteiger partial charge on any atom is -0.478 e. The monoisotopic (exact) mass is 438 g/mol. The van der Waals surface area contributed by atoms with E-state index in [0.29, 0.717) is 12.2 Å². The van der Waals surface area contributed by atoms with Gasteiger partial charge in [-0.05, 0) is 53.1 Å². The maximum Gasteiger partial charge on any atom is 0.328 e. The summed E-state index contributed by atoms with van der Waals surface area (Å²) in [5, 5.41) is 15.6. The molecule has 0 atom stereocenters. The number of fused-ring (bicyclic) bond motifs is 1. The van der Waals surface area contributed by atoms with Crippen LogP contribution in [0, 0.1) is 9.39 Å². The van der Waals surface area contributed by atoms with E-state index in [0.717, 1.165) is 35.1 Å². The molecule has 1 aliphatic heterocycles. The Kier molecular flexibility index (Phi) is 9.42. The number of carboxylic acid groups (broad SMARTS) is 2. The van der Waals surface area contributed by atoms with E-state index in [1.807, 2.05) is 6.07 Å². The molecular formula is C15H20FIN2O4. The van der Waals surface area contributed by atoms with Gasteiger partial charge in [0.1, 0.15) is 5.82 Å². The Labute approximate surface area is 147 Å². The molecular weight excluding hydrogens is 418 g/mol. The average Bonchev–Trinajstić information content (AvgIpc) is 2.81. The molecule has 6 nitrogen and oxygen atoms in total. The van der Waals surface area contributed by atoms with Crippen LogP contribution in [0.5, 0.6) is 0 Å². The Balaban J connectivity index is 0.000000469. The summed E-state index contributed by atoms with van der Waals surface area (Å²) in [6, 6.07) is 3.65. The summed E-state index contributed by atoms with van der Waals surface area (Å²) in [6.07, 6.45) is 3.25. The van der Waals surface area contributed by atoms with Crippen LogP contribution in [-0.4, -0.2) is 35.2 Å². The van der Waals surface area contributed by atoms with E-state index < -0.39 is 11.9 Å². The van der Waals surface area contributed by atoms with Crippen molar-refractivity contribution in [3.8, 4) is 0 Å². The Morgan fingerprint density at radius 3 is 2.35 bits per heavy atom.